The van der Waals surface area contributed by atoms with Gasteiger partial charge in [0.05, 0.1) is 6.42 Å². The first-order valence-electron chi connectivity index (χ1n) is 8.31. The number of nitrogens with zero attached hydrogens (tertiary/aromatic N) is 1. The molecule has 3 aromatic rings. The van der Waals surface area contributed by atoms with Gasteiger partial charge in [0.2, 0.25) is 6.79 Å². The highest BCUT2D eigenvalue weighted by molar-refractivity contribution is 7.14. The van der Waals surface area contributed by atoms with E-state index in [-0.39, 0.29) is 24.8 Å². The molecule has 4 rings (SSSR count). The summed E-state index contributed by atoms with van der Waals surface area (Å²) < 4.78 is 10.6. The number of carbonyl (C=O) groups is 2. The van der Waals surface area contributed by atoms with Gasteiger partial charge >= 0.3 is 5.97 Å². The Morgan fingerprint density at radius 2 is 1.82 bits per heavy atom. The van der Waals surface area contributed by atoms with Gasteiger partial charge in [-0.05, 0) is 29.8 Å². The zero-order chi connectivity index (χ0) is 19.5. The Labute approximate surface area is 163 Å². The summed E-state index contributed by atoms with van der Waals surface area (Å²) in [5.41, 5.74) is 2.29. The normalized spacial score (nSPS) is 11.9. The highest BCUT2D eigenvalue weighted by atomic mass is 32.1. The number of hydrogen-bond donors (Lipinski definition) is 3. The number of thiazole rings is 1. The fraction of sp³-hybridized carbons (Fsp3) is 0.105. The summed E-state index contributed by atoms with van der Waals surface area (Å²) >= 11 is 1.31. The van der Waals surface area contributed by atoms with Crippen LogP contribution in [0.5, 0.6) is 11.5 Å². The second-order valence-corrected chi connectivity index (χ2v) is 6.81. The summed E-state index contributed by atoms with van der Waals surface area (Å²) in [5, 5.41) is 16.9. The fourth-order valence-corrected chi connectivity index (χ4v) is 3.32. The van der Waals surface area contributed by atoms with E-state index in [0.29, 0.717) is 27.9 Å². The van der Waals surface area contributed by atoms with E-state index in [1.54, 1.807) is 35.7 Å². The summed E-state index contributed by atoms with van der Waals surface area (Å²) in [7, 11) is 0. The number of anilines is 3. The van der Waals surface area contributed by atoms with Crippen LogP contribution >= 0.6 is 11.3 Å². The lowest BCUT2D eigenvalue weighted by molar-refractivity contribution is -0.136. The average molecular weight is 397 g/mol. The molecule has 0 spiro atoms. The van der Waals surface area contributed by atoms with Gasteiger partial charge in [-0.2, -0.15) is 0 Å². The molecule has 3 N–H and O–H groups in total. The first-order chi connectivity index (χ1) is 13.6. The number of rotatable bonds is 6. The van der Waals surface area contributed by atoms with Crippen molar-refractivity contribution in [3.63, 3.8) is 0 Å². The molecular weight excluding hydrogens is 382 g/mol. The lowest BCUT2D eigenvalue weighted by Gasteiger charge is -2.05. The molecule has 0 atom stereocenters. The summed E-state index contributed by atoms with van der Waals surface area (Å²) in [6.07, 6.45) is -0.0603. The average Bonchev–Trinajstić information content (AvgIpc) is 3.32. The number of carbonyl (C=O) groups excluding carboxylic acids is 1. The largest absolute Gasteiger partial charge is 0.481 e. The van der Waals surface area contributed by atoms with E-state index >= 15 is 0 Å². The molecule has 2 heterocycles. The second kappa shape index (κ2) is 7.57. The highest BCUT2D eigenvalue weighted by Gasteiger charge is 2.15. The zero-order valence-corrected chi connectivity index (χ0v) is 15.3. The Balaban J connectivity index is 1.39. The predicted octanol–water partition coefficient (Wildman–Crippen LogP) is 3.49. The molecule has 28 heavy (non-hydrogen) atoms. The third kappa shape index (κ3) is 4.04. The smallest absolute Gasteiger partial charge is 0.307 e. The highest BCUT2D eigenvalue weighted by Crippen LogP contribution is 2.35. The fourth-order valence-electron chi connectivity index (χ4n) is 2.61. The van der Waals surface area contributed by atoms with Crippen molar-refractivity contribution < 1.29 is 24.2 Å². The molecule has 0 radical (unpaired) electrons. The van der Waals surface area contributed by atoms with Gasteiger partial charge < -0.3 is 25.2 Å². The number of ether oxygens (including phenoxy) is 2. The monoisotopic (exact) mass is 397 g/mol. The van der Waals surface area contributed by atoms with Crippen molar-refractivity contribution in [2.75, 3.05) is 17.4 Å². The maximum atomic E-state index is 12.4. The number of hydrogen-bond acceptors (Lipinski definition) is 7. The van der Waals surface area contributed by atoms with Gasteiger partial charge in [0.15, 0.2) is 16.6 Å². The molecule has 1 aliphatic rings. The molecule has 9 heteroatoms. The lowest BCUT2D eigenvalue weighted by atomic mass is 10.1. The maximum Gasteiger partial charge on any atom is 0.307 e. The second-order valence-electron chi connectivity index (χ2n) is 5.95. The lowest BCUT2D eigenvalue weighted by Crippen LogP contribution is -2.12. The molecule has 0 fully saturated rings. The van der Waals surface area contributed by atoms with Crippen molar-refractivity contribution in [2.24, 2.45) is 0 Å². The Morgan fingerprint density at radius 1 is 1.07 bits per heavy atom. The molecule has 0 saturated carbocycles. The van der Waals surface area contributed by atoms with Crippen molar-refractivity contribution in [1.29, 1.82) is 0 Å². The third-order valence-electron chi connectivity index (χ3n) is 3.93. The Bertz CT molecular complexity index is 1030. The Morgan fingerprint density at radius 3 is 2.61 bits per heavy atom. The summed E-state index contributed by atoms with van der Waals surface area (Å²) in [4.78, 5) is 27.4. The van der Waals surface area contributed by atoms with Gasteiger partial charge in [-0.25, -0.2) is 4.98 Å². The molecule has 2 aromatic carbocycles. The number of amides is 1. The van der Waals surface area contributed by atoms with E-state index in [9.17, 15) is 9.59 Å². The molecule has 1 aromatic heterocycles. The molecule has 8 nitrogen and oxygen atoms in total. The van der Waals surface area contributed by atoms with Gasteiger partial charge in [0, 0.05) is 22.8 Å². The van der Waals surface area contributed by atoms with E-state index in [1.807, 2.05) is 12.1 Å². The SMILES string of the molecule is O=C(O)Cc1ccc(NC(=O)c2csc(Nc3ccc4c(c3)OCO4)n2)cc1. The van der Waals surface area contributed by atoms with Crippen LogP contribution < -0.4 is 20.1 Å². The van der Waals surface area contributed by atoms with Crippen LogP contribution in [0.2, 0.25) is 0 Å². The van der Waals surface area contributed by atoms with Crippen molar-refractivity contribution >= 4 is 39.7 Å². The Kier molecular flexibility index (Phi) is 4.81. The minimum absolute atomic E-state index is 0.0603. The third-order valence-corrected chi connectivity index (χ3v) is 4.69. The van der Waals surface area contributed by atoms with E-state index in [0.717, 1.165) is 5.69 Å². The standard InChI is InChI=1S/C19H15N3O5S/c23-17(24)7-11-1-3-12(4-2-11)20-18(25)14-9-28-19(22-14)21-13-5-6-15-16(8-13)27-10-26-15/h1-6,8-9H,7,10H2,(H,20,25)(H,21,22)(H,23,24). The van der Waals surface area contributed by atoms with Gasteiger partial charge in [-0.15, -0.1) is 11.3 Å². The number of nitrogens with one attached hydrogen (secondary N) is 2. The molecule has 1 aliphatic heterocycles. The first-order valence-corrected chi connectivity index (χ1v) is 9.19. The van der Waals surface area contributed by atoms with E-state index < -0.39 is 5.97 Å². The van der Waals surface area contributed by atoms with Crippen LogP contribution in [0.25, 0.3) is 0 Å². The van der Waals surface area contributed by atoms with Gasteiger partial charge in [-0.1, -0.05) is 12.1 Å². The number of benzene rings is 2. The molecule has 142 valence electrons. The van der Waals surface area contributed by atoms with E-state index in [1.165, 1.54) is 11.3 Å². The number of aromatic nitrogens is 1. The Hall–Kier alpha value is -3.59. The van der Waals surface area contributed by atoms with E-state index in [4.69, 9.17) is 14.6 Å². The summed E-state index contributed by atoms with van der Waals surface area (Å²) in [6.45, 7) is 0.206. The molecule has 0 bridgehead atoms. The molecule has 0 aliphatic carbocycles. The number of aliphatic carboxylic acids is 1. The number of carboxylic acid groups (broad SMARTS) is 1. The van der Waals surface area contributed by atoms with Crippen LogP contribution in [0.4, 0.5) is 16.5 Å². The quantitative estimate of drug-likeness (QED) is 0.584. The minimum atomic E-state index is -0.901. The van der Waals surface area contributed by atoms with E-state index in [2.05, 4.69) is 15.6 Å². The number of fused-ring (bicyclic) bond motifs is 1. The number of carboxylic acids is 1. The van der Waals surface area contributed by atoms with Crippen LogP contribution in [0.1, 0.15) is 16.1 Å². The van der Waals surface area contributed by atoms with Crippen LogP contribution in [-0.4, -0.2) is 28.8 Å². The first kappa shape index (κ1) is 17.8. The van der Waals surface area contributed by atoms with Crippen LogP contribution in [0.3, 0.4) is 0 Å². The van der Waals surface area contributed by atoms with Gasteiger partial charge in [0.1, 0.15) is 5.69 Å². The van der Waals surface area contributed by atoms with Crippen LogP contribution in [0, 0.1) is 0 Å². The van der Waals surface area contributed by atoms with Crippen molar-refractivity contribution in [2.45, 2.75) is 6.42 Å². The summed E-state index contributed by atoms with van der Waals surface area (Å²) in [6, 6.07) is 12.1. The molecular formula is C19H15N3O5S. The molecule has 0 unspecified atom stereocenters. The zero-order valence-electron chi connectivity index (χ0n) is 14.5. The minimum Gasteiger partial charge on any atom is -0.481 e. The van der Waals surface area contributed by atoms with Crippen LogP contribution in [0.15, 0.2) is 47.8 Å². The van der Waals surface area contributed by atoms with Crippen molar-refractivity contribution in [3.05, 3.63) is 59.1 Å². The maximum absolute atomic E-state index is 12.4. The van der Waals surface area contributed by atoms with Gasteiger partial charge in [-0.3, -0.25) is 9.59 Å². The predicted molar refractivity (Wildman–Crippen MR) is 104 cm³/mol. The molecule has 1 amide bonds. The van der Waals surface area contributed by atoms with Crippen molar-refractivity contribution in [1.82, 2.24) is 4.98 Å². The van der Waals surface area contributed by atoms with Gasteiger partial charge in [0.25, 0.3) is 5.91 Å². The van der Waals surface area contributed by atoms with Crippen molar-refractivity contribution in [3.8, 4) is 11.5 Å². The molecule has 0 saturated heterocycles. The topological polar surface area (TPSA) is 110 Å². The van der Waals surface area contributed by atoms with Crippen LogP contribution in [-0.2, 0) is 11.2 Å². The summed E-state index contributed by atoms with van der Waals surface area (Å²) in [5.74, 6) is 0.104.